The summed E-state index contributed by atoms with van der Waals surface area (Å²) in [6.07, 6.45) is 2.19. The second-order valence-corrected chi connectivity index (χ2v) is 5.64. The summed E-state index contributed by atoms with van der Waals surface area (Å²) in [5.74, 6) is 1.17. The molecular weight excluding hydrogens is 232 g/mol. The smallest absolute Gasteiger partial charge is 0.0991 e. The summed E-state index contributed by atoms with van der Waals surface area (Å²) in [6, 6.07) is 9.94. The lowest BCUT2D eigenvalue weighted by atomic mass is 9.99. The summed E-state index contributed by atoms with van der Waals surface area (Å²) in [7, 11) is 0. The van der Waals surface area contributed by atoms with Gasteiger partial charge in [-0.1, -0.05) is 51.5 Å². The largest absolute Gasteiger partial charge is 0.313 e. The zero-order valence-electron chi connectivity index (χ0n) is 12.4. The maximum atomic E-state index is 8.92. The van der Waals surface area contributed by atoms with Crippen molar-refractivity contribution in [2.24, 2.45) is 11.8 Å². The van der Waals surface area contributed by atoms with E-state index in [9.17, 15) is 0 Å². The van der Waals surface area contributed by atoms with E-state index in [-0.39, 0.29) is 0 Å². The molecule has 102 valence electrons. The quantitative estimate of drug-likeness (QED) is 0.839. The Labute approximate surface area is 117 Å². The molecule has 1 N–H and O–H groups in total. The van der Waals surface area contributed by atoms with E-state index in [0.29, 0.717) is 17.4 Å². The zero-order chi connectivity index (χ0) is 14.3. The van der Waals surface area contributed by atoms with E-state index in [1.807, 2.05) is 24.3 Å². The lowest BCUT2D eigenvalue weighted by Crippen LogP contribution is -2.23. The first-order valence-corrected chi connectivity index (χ1v) is 6.94. The molecule has 0 aliphatic carbocycles. The molecule has 0 saturated carbocycles. The second kappa shape index (κ2) is 7.76. The number of nitriles is 1. The first-order chi connectivity index (χ1) is 9.02. The van der Waals surface area contributed by atoms with Crippen LogP contribution in [0.2, 0.25) is 0 Å². The van der Waals surface area contributed by atoms with Crippen molar-refractivity contribution in [2.75, 3.05) is 13.1 Å². The Bertz CT molecular complexity index is 464. The molecule has 0 bridgehead atoms. The summed E-state index contributed by atoms with van der Waals surface area (Å²) in [4.78, 5) is 0. The van der Waals surface area contributed by atoms with Crippen LogP contribution in [0.5, 0.6) is 0 Å². The van der Waals surface area contributed by atoms with Crippen molar-refractivity contribution in [1.82, 2.24) is 5.32 Å². The average molecular weight is 256 g/mol. The van der Waals surface area contributed by atoms with Gasteiger partial charge in [0, 0.05) is 6.54 Å². The van der Waals surface area contributed by atoms with Gasteiger partial charge in [0.2, 0.25) is 0 Å². The highest BCUT2D eigenvalue weighted by Crippen LogP contribution is 2.15. The monoisotopic (exact) mass is 256 g/mol. The predicted molar refractivity (Wildman–Crippen MR) is 81.7 cm³/mol. The fraction of sp³-hybridized carbons (Fsp3) is 0.471. The highest BCUT2D eigenvalue weighted by molar-refractivity contribution is 5.55. The van der Waals surface area contributed by atoms with Crippen LogP contribution in [0.1, 0.15) is 38.8 Å². The fourth-order valence-electron chi connectivity index (χ4n) is 1.84. The summed E-state index contributed by atoms with van der Waals surface area (Å²) in [5.41, 5.74) is 3.19. The van der Waals surface area contributed by atoms with Crippen LogP contribution in [0.15, 0.2) is 29.8 Å². The Kier molecular flexibility index (Phi) is 6.32. The Morgan fingerprint density at radius 2 is 2.05 bits per heavy atom. The van der Waals surface area contributed by atoms with Gasteiger partial charge in [0.1, 0.15) is 0 Å². The molecule has 0 aliphatic rings. The first kappa shape index (κ1) is 15.5. The molecule has 0 unspecified atom stereocenters. The third-order valence-electron chi connectivity index (χ3n) is 2.99. The Morgan fingerprint density at radius 3 is 2.63 bits per heavy atom. The first-order valence-electron chi connectivity index (χ1n) is 6.94. The lowest BCUT2D eigenvalue weighted by Gasteiger charge is -2.14. The number of nitrogens with zero attached hydrogens (tertiary/aromatic N) is 1. The van der Waals surface area contributed by atoms with E-state index in [1.54, 1.807) is 0 Å². The molecule has 1 aromatic rings. The maximum Gasteiger partial charge on any atom is 0.0991 e. The Balaban J connectivity index is 2.79. The normalized spacial score (nSPS) is 11.9. The molecule has 0 saturated heterocycles. The van der Waals surface area contributed by atoms with E-state index in [0.717, 1.165) is 18.7 Å². The molecule has 0 spiro atoms. The molecule has 1 rings (SSSR count). The van der Waals surface area contributed by atoms with E-state index < -0.39 is 0 Å². The van der Waals surface area contributed by atoms with Gasteiger partial charge >= 0.3 is 0 Å². The van der Waals surface area contributed by atoms with Crippen LogP contribution in [0.4, 0.5) is 0 Å². The van der Waals surface area contributed by atoms with Crippen LogP contribution in [0.3, 0.4) is 0 Å². The topological polar surface area (TPSA) is 35.8 Å². The van der Waals surface area contributed by atoms with Crippen molar-refractivity contribution >= 4 is 6.08 Å². The second-order valence-electron chi connectivity index (χ2n) is 5.64. The summed E-state index contributed by atoms with van der Waals surface area (Å²) >= 11 is 0. The molecule has 1 aromatic carbocycles. The molecule has 2 nitrogen and oxygen atoms in total. The molecular formula is C17H24N2. The van der Waals surface area contributed by atoms with Crippen LogP contribution in [0, 0.1) is 23.2 Å². The molecule has 19 heavy (non-hydrogen) atoms. The Morgan fingerprint density at radius 1 is 1.32 bits per heavy atom. The Hall–Kier alpha value is -1.59. The molecule has 0 radical (unpaired) electrons. The minimum absolute atomic E-state index is 0.505. The van der Waals surface area contributed by atoms with Crippen LogP contribution in [-0.2, 0) is 0 Å². The maximum absolute atomic E-state index is 8.92. The van der Waals surface area contributed by atoms with Crippen molar-refractivity contribution in [3.05, 3.63) is 41.0 Å². The van der Waals surface area contributed by atoms with Gasteiger partial charge in [0.05, 0.1) is 11.6 Å². The van der Waals surface area contributed by atoms with Crippen molar-refractivity contribution < 1.29 is 0 Å². The molecule has 0 atom stereocenters. The average Bonchev–Trinajstić information content (AvgIpc) is 2.37. The fourth-order valence-corrected chi connectivity index (χ4v) is 1.84. The van der Waals surface area contributed by atoms with Crippen molar-refractivity contribution in [3.8, 4) is 6.07 Å². The molecule has 0 heterocycles. The summed E-state index contributed by atoms with van der Waals surface area (Å²) < 4.78 is 0. The molecule has 0 amide bonds. The lowest BCUT2D eigenvalue weighted by molar-refractivity contribution is 0.558. The van der Waals surface area contributed by atoms with Crippen LogP contribution >= 0.6 is 0 Å². The van der Waals surface area contributed by atoms with Crippen LogP contribution in [0.25, 0.3) is 6.08 Å². The van der Waals surface area contributed by atoms with Gasteiger partial charge in [0.25, 0.3) is 0 Å². The molecule has 0 fully saturated rings. The predicted octanol–water partition coefficient (Wildman–Crippen LogP) is 3.84. The molecule has 2 heteroatoms. The highest BCUT2D eigenvalue weighted by Gasteiger charge is 2.04. The highest BCUT2D eigenvalue weighted by atomic mass is 14.9. The summed E-state index contributed by atoms with van der Waals surface area (Å²) in [5, 5.41) is 12.4. The number of hydrogen-bond donors (Lipinski definition) is 1. The van der Waals surface area contributed by atoms with Crippen LogP contribution in [-0.4, -0.2) is 13.1 Å². The van der Waals surface area contributed by atoms with E-state index in [4.69, 9.17) is 5.26 Å². The van der Waals surface area contributed by atoms with Gasteiger partial charge in [-0.05, 0) is 36.1 Å². The minimum Gasteiger partial charge on any atom is -0.313 e. The van der Waals surface area contributed by atoms with Gasteiger partial charge in [-0.3, -0.25) is 0 Å². The van der Waals surface area contributed by atoms with Crippen molar-refractivity contribution in [1.29, 1.82) is 5.26 Å². The number of nitrogens with one attached hydrogen (secondary N) is 1. The number of rotatable bonds is 6. The standard InChI is InChI=1S/C17H24N2/c1-13(2)11-19-12-17(14(3)4)9-15-6-5-7-16(8-15)10-18/h5-9,13-14,19H,11-12H2,1-4H3. The van der Waals surface area contributed by atoms with E-state index in [1.165, 1.54) is 5.57 Å². The summed E-state index contributed by atoms with van der Waals surface area (Å²) in [6.45, 7) is 10.8. The van der Waals surface area contributed by atoms with E-state index >= 15 is 0 Å². The van der Waals surface area contributed by atoms with Gasteiger partial charge in [-0.15, -0.1) is 0 Å². The van der Waals surface area contributed by atoms with Crippen molar-refractivity contribution in [3.63, 3.8) is 0 Å². The third-order valence-corrected chi connectivity index (χ3v) is 2.99. The number of benzene rings is 1. The van der Waals surface area contributed by atoms with Gasteiger partial charge in [-0.25, -0.2) is 0 Å². The minimum atomic E-state index is 0.505. The molecule has 0 aliphatic heterocycles. The van der Waals surface area contributed by atoms with Crippen molar-refractivity contribution in [2.45, 2.75) is 27.7 Å². The van der Waals surface area contributed by atoms with Gasteiger partial charge in [-0.2, -0.15) is 5.26 Å². The SMILES string of the molecule is CC(C)CNCC(=Cc1cccc(C#N)c1)C(C)C. The van der Waals surface area contributed by atoms with Gasteiger partial charge in [0.15, 0.2) is 0 Å². The van der Waals surface area contributed by atoms with E-state index in [2.05, 4.69) is 45.2 Å². The molecule has 0 aromatic heterocycles. The van der Waals surface area contributed by atoms with Crippen LogP contribution < -0.4 is 5.32 Å². The third kappa shape index (κ3) is 5.72. The van der Waals surface area contributed by atoms with Gasteiger partial charge < -0.3 is 5.32 Å². The zero-order valence-corrected chi connectivity index (χ0v) is 12.4. The number of hydrogen-bond acceptors (Lipinski definition) is 2.